The molecule has 0 aliphatic heterocycles. The summed E-state index contributed by atoms with van der Waals surface area (Å²) in [6.07, 6.45) is 4.79. The molecule has 2 N–H and O–H groups in total. The molecular weight excluding hydrogens is 400 g/mol. The van der Waals surface area contributed by atoms with Crippen molar-refractivity contribution >= 4 is 17.3 Å². The van der Waals surface area contributed by atoms with E-state index in [1.807, 2.05) is 35.7 Å². The highest BCUT2D eigenvalue weighted by atomic mass is 32.1. The predicted octanol–water partition coefficient (Wildman–Crippen LogP) is 3.57. The number of carbonyl (C=O) groups is 1. The number of esters is 1. The van der Waals surface area contributed by atoms with Gasteiger partial charge in [0, 0.05) is 23.5 Å². The first-order chi connectivity index (χ1) is 14.7. The molecule has 0 radical (unpaired) electrons. The highest BCUT2D eigenvalue weighted by Gasteiger charge is 2.24. The van der Waals surface area contributed by atoms with Crippen LogP contribution in [0.4, 0.5) is 0 Å². The van der Waals surface area contributed by atoms with E-state index in [1.54, 1.807) is 17.8 Å². The van der Waals surface area contributed by atoms with Gasteiger partial charge in [0.25, 0.3) is 0 Å². The molecule has 7 nitrogen and oxygen atoms in total. The maximum atomic E-state index is 12.5. The molecule has 30 heavy (non-hydrogen) atoms. The van der Waals surface area contributed by atoms with Crippen molar-refractivity contribution in [2.75, 3.05) is 6.61 Å². The van der Waals surface area contributed by atoms with E-state index in [9.17, 15) is 9.90 Å². The van der Waals surface area contributed by atoms with Crippen LogP contribution in [0.2, 0.25) is 0 Å². The SMILES string of the molecule is CCOC(=O)c1cnn(-c2nc(-c3ccccc3)cs2)c1CNC1CCC(O)CC1. The number of rotatable bonds is 7. The lowest BCUT2D eigenvalue weighted by atomic mass is 9.93. The standard InChI is InChI=1S/C22H26N4O3S/c1-2-29-21(28)18-12-24-26(20(18)13-23-16-8-10-17(27)11-9-16)22-25-19(14-30-22)15-6-4-3-5-7-15/h3-7,12,14,16-17,23,27H,2,8-11,13H2,1H3. The number of benzene rings is 1. The number of aliphatic hydroxyl groups excluding tert-OH is 1. The van der Waals surface area contributed by atoms with E-state index < -0.39 is 0 Å². The van der Waals surface area contributed by atoms with Crippen molar-refractivity contribution in [1.82, 2.24) is 20.1 Å². The van der Waals surface area contributed by atoms with Crippen molar-refractivity contribution in [2.24, 2.45) is 0 Å². The van der Waals surface area contributed by atoms with Crippen molar-refractivity contribution in [3.8, 4) is 16.4 Å². The first-order valence-electron chi connectivity index (χ1n) is 10.3. The Labute approximate surface area is 179 Å². The Morgan fingerprint density at radius 1 is 1.27 bits per heavy atom. The van der Waals surface area contributed by atoms with E-state index in [0.717, 1.165) is 42.6 Å². The largest absolute Gasteiger partial charge is 0.462 e. The van der Waals surface area contributed by atoms with Crippen molar-refractivity contribution < 1.29 is 14.6 Å². The molecule has 1 aromatic carbocycles. The molecule has 0 saturated heterocycles. The average Bonchev–Trinajstić information content (AvgIpc) is 3.41. The fourth-order valence-electron chi connectivity index (χ4n) is 3.71. The monoisotopic (exact) mass is 426 g/mol. The number of thiazole rings is 1. The molecule has 8 heteroatoms. The first kappa shape index (κ1) is 20.7. The summed E-state index contributed by atoms with van der Waals surface area (Å²) in [5, 5.41) is 20.4. The third-order valence-corrected chi connectivity index (χ3v) is 6.18. The van der Waals surface area contributed by atoms with E-state index in [4.69, 9.17) is 9.72 Å². The Morgan fingerprint density at radius 3 is 2.77 bits per heavy atom. The van der Waals surface area contributed by atoms with Crippen LogP contribution >= 0.6 is 11.3 Å². The smallest absolute Gasteiger partial charge is 0.341 e. The summed E-state index contributed by atoms with van der Waals surface area (Å²) in [5.74, 6) is -0.376. The van der Waals surface area contributed by atoms with Gasteiger partial charge in [-0.05, 0) is 32.6 Å². The Balaban J connectivity index is 1.59. The lowest BCUT2D eigenvalue weighted by Gasteiger charge is -2.26. The third kappa shape index (κ3) is 4.61. The Morgan fingerprint density at radius 2 is 2.03 bits per heavy atom. The van der Waals surface area contributed by atoms with Crippen molar-refractivity contribution in [3.63, 3.8) is 0 Å². The van der Waals surface area contributed by atoms with Crippen LogP contribution in [0.5, 0.6) is 0 Å². The zero-order chi connectivity index (χ0) is 20.9. The molecule has 0 spiro atoms. The zero-order valence-corrected chi connectivity index (χ0v) is 17.8. The molecule has 1 aliphatic carbocycles. The maximum absolute atomic E-state index is 12.5. The van der Waals surface area contributed by atoms with Crippen LogP contribution in [0.3, 0.4) is 0 Å². The summed E-state index contributed by atoms with van der Waals surface area (Å²) < 4.78 is 6.96. The molecule has 0 atom stereocenters. The maximum Gasteiger partial charge on any atom is 0.341 e. The van der Waals surface area contributed by atoms with Crippen LogP contribution in [-0.4, -0.2) is 44.6 Å². The van der Waals surface area contributed by atoms with Gasteiger partial charge in [-0.15, -0.1) is 11.3 Å². The number of nitrogens with one attached hydrogen (secondary N) is 1. The minimum absolute atomic E-state index is 0.199. The van der Waals surface area contributed by atoms with Crippen LogP contribution in [0.15, 0.2) is 41.9 Å². The minimum atomic E-state index is -0.376. The number of hydrogen-bond acceptors (Lipinski definition) is 7. The lowest BCUT2D eigenvalue weighted by molar-refractivity contribution is 0.0524. The van der Waals surface area contributed by atoms with Crippen LogP contribution in [0.25, 0.3) is 16.4 Å². The van der Waals surface area contributed by atoms with Gasteiger partial charge in [-0.3, -0.25) is 0 Å². The number of nitrogens with zero attached hydrogens (tertiary/aromatic N) is 3. The average molecular weight is 427 g/mol. The molecule has 158 valence electrons. The highest BCUT2D eigenvalue weighted by molar-refractivity contribution is 7.12. The van der Waals surface area contributed by atoms with Gasteiger partial charge in [-0.1, -0.05) is 30.3 Å². The quantitative estimate of drug-likeness (QED) is 0.562. The fourth-order valence-corrected chi connectivity index (χ4v) is 4.53. The van der Waals surface area contributed by atoms with E-state index in [0.29, 0.717) is 29.9 Å². The van der Waals surface area contributed by atoms with E-state index >= 15 is 0 Å². The molecule has 0 amide bonds. The van der Waals surface area contributed by atoms with Crippen molar-refractivity contribution in [2.45, 2.75) is 51.3 Å². The van der Waals surface area contributed by atoms with Gasteiger partial charge in [-0.2, -0.15) is 5.10 Å². The number of hydrogen-bond donors (Lipinski definition) is 2. The summed E-state index contributed by atoms with van der Waals surface area (Å²) in [5.41, 5.74) is 3.12. The summed E-state index contributed by atoms with van der Waals surface area (Å²) in [6, 6.07) is 10.3. The van der Waals surface area contributed by atoms with Gasteiger partial charge in [0.1, 0.15) is 5.56 Å². The van der Waals surface area contributed by atoms with Crippen LogP contribution in [-0.2, 0) is 11.3 Å². The summed E-state index contributed by atoms with van der Waals surface area (Å²) >= 11 is 1.49. The number of carbonyl (C=O) groups excluding carboxylic acids is 1. The predicted molar refractivity (Wildman–Crippen MR) is 116 cm³/mol. The van der Waals surface area contributed by atoms with E-state index in [2.05, 4.69) is 10.4 Å². The summed E-state index contributed by atoms with van der Waals surface area (Å²) in [7, 11) is 0. The second-order valence-corrected chi connectivity index (χ2v) is 8.24. The Kier molecular flexibility index (Phi) is 6.56. The first-order valence-corrected chi connectivity index (χ1v) is 11.2. The molecule has 4 rings (SSSR count). The van der Waals surface area contributed by atoms with Crippen molar-refractivity contribution in [1.29, 1.82) is 0 Å². The molecule has 3 aromatic rings. The van der Waals surface area contributed by atoms with E-state index in [-0.39, 0.29) is 12.1 Å². The molecule has 2 heterocycles. The van der Waals surface area contributed by atoms with Gasteiger partial charge in [0.05, 0.1) is 30.3 Å². The zero-order valence-electron chi connectivity index (χ0n) is 17.0. The molecule has 0 unspecified atom stereocenters. The van der Waals surface area contributed by atoms with Crippen LogP contribution < -0.4 is 5.32 Å². The summed E-state index contributed by atoms with van der Waals surface area (Å²) in [6.45, 7) is 2.59. The summed E-state index contributed by atoms with van der Waals surface area (Å²) in [4.78, 5) is 17.2. The Hall–Kier alpha value is -2.55. The third-order valence-electron chi connectivity index (χ3n) is 5.36. The van der Waals surface area contributed by atoms with Crippen molar-refractivity contribution in [3.05, 3.63) is 53.2 Å². The van der Waals surface area contributed by atoms with Gasteiger partial charge in [0.15, 0.2) is 0 Å². The van der Waals surface area contributed by atoms with Crippen LogP contribution in [0, 0.1) is 0 Å². The molecule has 0 bridgehead atoms. The second kappa shape index (κ2) is 9.51. The Bertz CT molecular complexity index is 977. The van der Waals surface area contributed by atoms with Gasteiger partial charge in [-0.25, -0.2) is 14.5 Å². The highest BCUT2D eigenvalue weighted by Crippen LogP contribution is 2.26. The fraction of sp³-hybridized carbons (Fsp3) is 0.409. The molecule has 1 aliphatic rings. The van der Waals surface area contributed by atoms with Gasteiger partial charge < -0.3 is 15.2 Å². The lowest BCUT2D eigenvalue weighted by Crippen LogP contribution is -2.35. The normalized spacial score (nSPS) is 19.0. The number of aromatic nitrogens is 3. The van der Waals surface area contributed by atoms with E-state index in [1.165, 1.54) is 11.3 Å². The van der Waals surface area contributed by atoms with Gasteiger partial charge >= 0.3 is 5.97 Å². The minimum Gasteiger partial charge on any atom is -0.462 e. The number of ether oxygens (including phenoxy) is 1. The number of aliphatic hydroxyl groups is 1. The molecule has 2 aromatic heterocycles. The molecular formula is C22H26N4O3S. The molecule has 1 saturated carbocycles. The van der Waals surface area contributed by atoms with Crippen LogP contribution in [0.1, 0.15) is 48.7 Å². The topological polar surface area (TPSA) is 89.3 Å². The van der Waals surface area contributed by atoms with Gasteiger partial charge in [0.2, 0.25) is 5.13 Å². The second-order valence-electron chi connectivity index (χ2n) is 7.40. The molecule has 1 fully saturated rings.